The largest absolute Gasteiger partial charge is 0.504 e. The van der Waals surface area contributed by atoms with Gasteiger partial charge in [0.25, 0.3) is 11.8 Å². The average Bonchev–Trinajstić information content (AvgIpc) is 2.75. The molecule has 0 atom stereocenters. The maximum absolute atomic E-state index is 13.0. The van der Waals surface area contributed by atoms with E-state index in [1.54, 1.807) is 36.4 Å². The number of carbonyl (C=O) groups is 2. The quantitative estimate of drug-likeness (QED) is 0.430. The summed E-state index contributed by atoms with van der Waals surface area (Å²) in [5.74, 6) is -1.18. The highest BCUT2D eigenvalue weighted by Gasteiger charge is 2.10. The van der Waals surface area contributed by atoms with Gasteiger partial charge in [-0.1, -0.05) is 12.1 Å². The van der Waals surface area contributed by atoms with Crippen LogP contribution in [0.4, 0.5) is 10.1 Å². The van der Waals surface area contributed by atoms with Gasteiger partial charge in [0.1, 0.15) is 5.82 Å². The van der Waals surface area contributed by atoms with Crippen LogP contribution in [-0.4, -0.2) is 30.2 Å². The van der Waals surface area contributed by atoms with Crippen molar-refractivity contribution < 1.29 is 23.8 Å². The van der Waals surface area contributed by atoms with Crippen molar-refractivity contribution in [3.05, 3.63) is 89.2 Å². The van der Waals surface area contributed by atoms with Crippen LogP contribution in [0, 0.1) is 5.82 Å². The first-order valence-electron chi connectivity index (χ1n) is 8.84. The Hall–Kier alpha value is -4.20. The number of halogens is 1. The summed E-state index contributed by atoms with van der Waals surface area (Å²) >= 11 is 0. The molecule has 3 aromatic rings. The molecular weight excluding hydrogens is 389 g/mol. The van der Waals surface area contributed by atoms with Gasteiger partial charge in [-0.05, 0) is 54.6 Å². The second-order valence-corrected chi connectivity index (χ2v) is 6.14. The number of amides is 2. The van der Waals surface area contributed by atoms with Crippen LogP contribution in [0.1, 0.15) is 26.3 Å². The van der Waals surface area contributed by atoms with Gasteiger partial charge in [0.2, 0.25) is 0 Å². The van der Waals surface area contributed by atoms with Crippen LogP contribution in [0.25, 0.3) is 0 Å². The van der Waals surface area contributed by atoms with Crippen LogP contribution < -0.4 is 15.5 Å². The Balaban J connectivity index is 1.66. The van der Waals surface area contributed by atoms with E-state index < -0.39 is 17.6 Å². The van der Waals surface area contributed by atoms with Crippen LogP contribution in [-0.2, 0) is 0 Å². The maximum Gasteiger partial charge on any atom is 0.271 e. The summed E-state index contributed by atoms with van der Waals surface area (Å²) in [5, 5.41) is 16.5. The summed E-state index contributed by atoms with van der Waals surface area (Å²) in [6, 6.07) is 16.3. The number of rotatable bonds is 6. The fraction of sp³-hybridized carbons (Fsp3) is 0.0455. The molecule has 2 amide bonds. The van der Waals surface area contributed by atoms with Gasteiger partial charge in [-0.3, -0.25) is 9.59 Å². The third-order valence-electron chi connectivity index (χ3n) is 4.11. The highest BCUT2D eigenvalue weighted by Crippen LogP contribution is 2.27. The smallest absolute Gasteiger partial charge is 0.271 e. The summed E-state index contributed by atoms with van der Waals surface area (Å²) in [6.45, 7) is 0. The maximum atomic E-state index is 13.0. The molecule has 0 aliphatic carbocycles. The molecule has 30 heavy (non-hydrogen) atoms. The average molecular weight is 407 g/mol. The predicted octanol–water partition coefficient (Wildman–Crippen LogP) is 3.56. The number of hydrogen-bond donors (Lipinski definition) is 3. The number of carbonyl (C=O) groups excluding carboxylic acids is 2. The number of hydrazone groups is 1. The molecule has 152 valence electrons. The van der Waals surface area contributed by atoms with E-state index in [4.69, 9.17) is 4.74 Å². The molecule has 0 aliphatic heterocycles. The number of para-hydroxylation sites is 1. The molecule has 0 bridgehead atoms. The Bertz CT molecular complexity index is 1100. The lowest BCUT2D eigenvalue weighted by Crippen LogP contribution is -2.18. The van der Waals surface area contributed by atoms with E-state index in [0.29, 0.717) is 11.3 Å². The molecule has 0 radical (unpaired) electrons. The lowest BCUT2D eigenvalue weighted by molar-refractivity contribution is 0.0953. The molecule has 8 heteroatoms. The second kappa shape index (κ2) is 9.33. The molecule has 3 rings (SSSR count). The van der Waals surface area contributed by atoms with E-state index in [1.807, 2.05) is 0 Å². The Morgan fingerprint density at radius 3 is 2.47 bits per heavy atom. The summed E-state index contributed by atoms with van der Waals surface area (Å²) in [7, 11) is 1.43. The van der Waals surface area contributed by atoms with Gasteiger partial charge in [0.15, 0.2) is 11.5 Å². The fourth-order valence-electron chi connectivity index (χ4n) is 2.58. The topological polar surface area (TPSA) is 100 Å². The molecule has 0 saturated heterocycles. The Labute approximate surface area is 171 Å². The zero-order valence-electron chi connectivity index (χ0n) is 15.9. The number of hydrogen-bond acceptors (Lipinski definition) is 5. The SMILES string of the molecule is COc1cccc(/C=N/NC(=O)c2cccc(NC(=O)c3ccc(F)cc3)c2)c1O. The van der Waals surface area contributed by atoms with Gasteiger partial charge < -0.3 is 15.2 Å². The van der Waals surface area contributed by atoms with E-state index in [-0.39, 0.29) is 22.6 Å². The lowest BCUT2D eigenvalue weighted by Gasteiger charge is -2.07. The molecule has 0 fully saturated rings. The van der Waals surface area contributed by atoms with Gasteiger partial charge in [-0.25, -0.2) is 9.82 Å². The van der Waals surface area contributed by atoms with E-state index in [1.165, 1.54) is 43.7 Å². The van der Waals surface area contributed by atoms with Crippen molar-refractivity contribution in [3.8, 4) is 11.5 Å². The Morgan fingerprint density at radius 1 is 1.00 bits per heavy atom. The molecule has 0 aromatic heterocycles. The fourth-order valence-corrected chi connectivity index (χ4v) is 2.58. The standard InChI is InChI=1S/C22H18FN3O4/c1-30-19-7-3-5-16(20(19)27)13-24-26-22(29)15-4-2-6-18(12-15)25-21(28)14-8-10-17(23)11-9-14/h2-13,27H,1H3,(H,25,28)(H,26,29)/b24-13+. The first-order valence-corrected chi connectivity index (χ1v) is 8.84. The first kappa shape index (κ1) is 20.5. The molecule has 0 heterocycles. The van der Waals surface area contributed by atoms with Crippen molar-refractivity contribution in [2.24, 2.45) is 5.10 Å². The van der Waals surface area contributed by atoms with Crippen molar-refractivity contribution in [2.45, 2.75) is 0 Å². The number of phenolic OH excluding ortho intramolecular Hbond substituents is 1. The van der Waals surface area contributed by atoms with Crippen LogP contribution in [0.15, 0.2) is 71.8 Å². The summed E-state index contributed by atoms with van der Waals surface area (Å²) < 4.78 is 18.0. The summed E-state index contributed by atoms with van der Waals surface area (Å²) in [5.41, 5.74) is 3.67. The molecule has 3 N–H and O–H groups in total. The highest BCUT2D eigenvalue weighted by atomic mass is 19.1. The number of methoxy groups -OCH3 is 1. The van der Waals surface area contributed by atoms with Crippen LogP contribution >= 0.6 is 0 Å². The molecule has 0 unspecified atom stereocenters. The van der Waals surface area contributed by atoms with Crippen molar-refractivity contribution in [3.63, 3.8) is 0 Å². The zero-order valence-corrected chi connectivity index (χ0v) is 15.9. The minimum Gasteiger partial charge on any atom is -0.504 e. The number of anilines is 1. The third kappa shape index (κ3) is 4.99. The van der Waals surface area contributed by atoms with Crippen LogP contribution in [0.2, 0.25) is 0 Å². The van der Waals surface area contributed by atoms with Crippen molar-refractivity contribution in [1.29, 1.82) is 0 Å². The Kier molecular flexibility index (Phi) is 6.39. The van der Waals surface area contributed by atoms with Gasteiger partial charge in [-0.15, -0.1) is 0 Å². The number of phenols is 1. The molecule has 0 saturated carbocycles. The van der Waals surface area contributed by atoms with Gasteiger partial charge >= 0.3 is 0 Å². The van der Waals surface area contributed by atoms with Gasteiger partial charge in [-0.2, -0.15) is 5.10 Å². The summed E-state index contributed by atoms with van der Waals surface area (Å²) in [4.78, 5) is 24.6. The van der Waals surface area contributed by atoms with Crippen LogP contribution in [0.5, 0.6) is 11.5 Å². The van der Waals surface area contributed by atoms with Gasteiger partial charge in [0.05, 0.1) is 13.3 Å². The first-order chi connectivity index (χ1) is 14.5. The van der Waals surface area contributed by atoms with Crippen molar-refractivity contribution in [1.82, 2.24) is 5.43 Å². The van der Waals surface area contributed by atoms with E-state index >= 15 is 0 Å². The van der Waals surface area contributed by atoms with Crippen molar-refractivity contribution in [2.75, 3.05) is 12.4 Å². The number of ether oxygens (including phenoxy) is 1. The minimum atomic E-state index is -0.508. The highest BCUT2D eigenvalue weighted by molar-refractivity contribution is 6.05. The van der Waals surface area contributed by atoms with E-state index in [0.717, 1.165) is 0 Å². The monoisotopic (exact) mass is 407 g/mol. The second-order valence-electron chi connectivity index (χ2n) is 6.14. The Morgan fingerprint density at radius 2 is 1.73 bits per heavy atom. The molecule has 0 spiro atoms. The van der Waals surface area contributed by atoms with Crippen LogP contribution in [0.3, 0.4) is 0 Å². The summed E-state index contributed by atoms with van der Waals surface area (Å²) in [6.07, 6.45) is 1.29. The van der Waals surface area contributed by atoms with E-state index in [9.17, 15) is 19.1 Å². The predicted molar refractivity (Wildman–Crippen MR) is 111 cm³/mol. The molecule has 0 aliphatic rings. The number of nitrogens with zero attached hydrogens (tertiary/aromatic N) is 1. The zero-order chi connectivity index (χ0) is 21.5. The van der Waals surface area contributed by atoms with Crippen molar-refractivity contribution >= 4 is 23.7 Å². The minimum absolute atomic E-state index is 0.0940. The molecule has 7 nitrogen and oxygen atoms in total. The number of nitrogens with one attached hydrogen (secondary N) is 2. The van der Waals surface area contributed by atoms with Gasteiger partial charge in [0, 0.05) is 22.4 Å². The normalized spacial score (nSPS) is 10.6. The number of aromatic hydroxyl groups is 1. The number of benzene rings is 3. The molecular formula is C22H18FN3O4. The van der Waals surface area contributed by atoms with E-state index in [2.05, 4.69) is 15.8 Å². The lowest BCUT2D eigenvalue weighted by atomic mass is 10.1. The third-order valence-corrected chi connectivity index (χ3v) is 4.11. The molecule has 3 aromatic carbocycles.